The highest BCUT2D eigenvalue weighted by molar-refractivity contribution is 6.08. The van der Waals surface area contributed by atoms with Crippen molar-refractivity contribution in [2.45, 2.75) is 53.6 Å². The lowest BCUT2D eigenvalue weighted by Gasteiger charge is -2.37. The van der Waals surface area contributed by atoms with Gasteiger partial charge in [-0.2, -0.15) is 0 Å². The van der Waals surface area contributed by atoms with Crippen LogP contribution >= 0.6 is 0 Å². The standard InChI is InChI=1S/C41H45N2O2/c1-5-43(6-2,29-33-24-30(3)23-31(4)25-33)22-12-11-21-42(28-32-17-18-34-13-7-8-14-35(34)26-32)41(44)36-19-20-40-38(27-36)37-15-9-10-16-39(37)45-40/h7-10,13-20,23-27H,5-6,11-12,21-22,28-29H2,1-4H3/q+1. The van der Waals surface area contributed by atoms with Gasteiger partial charge < -0.3 is 13.8 Å². The van der Waals surface area contributed by atoms with E-state index in [4.69, 9.17) is 4.42 Å². The molecule has 4 heteroatoms. The Hall–Kier alpha value is -4.41. The average Bonchev–Trinajstić information content (AvgIpc) is 3.42. The Morgan fingerprint density at radius 2 is 1.40 bits per heavy atom. The number of fused-ring (bicyclic) bond motifs is 4. The van der Waals surface area contributed by atoms with Crippen molar-refractivity contribution in [3.8, 4) is 0 Å². The molecule has 0 N–H and O–H groups in total. The summed E-state index contributed by atoms with van der Waals surface area (Å²) in [5.41, 5.74) is 7.60. The summed E-state index contributed by atoms with van der Waals surface area (Å²) in [7, 11) is 0. The number of amides is 1. The molecule has 0 spiro atoms. The van der Waals surface area contributed by atoms with Crippen LogP contribution in [0.15, 0.2) is 108 Å². The molecule has 0 bridgehead atoms. The maximum Gasteiger partial charge on any atom is 0.254 e. The lowest BCUT2D eigenvalue weighted by molar-refractivity contribution is -0.938. The number of rotatable bonds is 12. The van der Waals surface area contributed by atoms with Gasteiger partial charge in [0.25, 0.3) is 5.91 Å². The SMILES string of the molecule is CC[N+](CC)(CCCCN(Cc1ccc2ccccc2c1)C(=O)c1ccc2oc3ccccc3c2c1)Cc1cc(C)cc(C)c1. The predicted octanol–water partition coefficient (Wildman–Crippen LogP) is 9.84. The van der Waals surface area contributed by atoms with E-state index in [0.717, 1.165) is 71.0 Å². The Morgan fingerprint density at radius 3 is 2.18 bits per heavy atom. The number of aryl methyl sites for hydroxylation is 2. The molecule has 0 aliphatic heterocycles. The van der Waals surface area contributed by atoms with Gasteiger partial charge in [0.1, 0.15) is 17.7 Å². The van der Waals surface area contributed by atoms with Crippen LogP contribution in [0, 0.1) is 13.8 Å². The summed E-state index contributed by atoms with van der Waals surface area (Å²) in [6.07, 6.45) is 2.03. The van der Waals surface area contributed by atoms with E-state index in [2.05, 4.69) is 94.4 Å². The molecule has 1 aromatic heterocycles. The Kier molecular flexibility index (Phi) is 9.04. The molecular weight excluding hydrogens is 552 g/mol. The number of quaternary nitrogens is 1. The Bertz CT molecular complexity index is 1930. The molecule has 4 nitrogen and oxygen atoms in total. The summed E-state index contributed by atoms with van der Waals surface area (Å²) in [4.78, 5) is 16.3. The van der Waals surface area contributed by atoms with Crippen LogP contribution in [0.1, 0.15) is 59.3 Å². The molecule has 0 saturated heterocycles. The highest BCUT2D eigenvalue weighted by atomic mass is 16.3. The van der Waals surface area contributed by atoms with E-state index in [0.29, 0.717) is 18.7 Å². The summed E-state index contributed by atoms with van der Waals surface area (Å²) in [6.45, 7) is 14.7. The predicted molar refractivity (Wildman–Crippen MR) is 187 cm³/mol. The van der Waals surface area contributed by atoms with Gasteiger partial charge in [-0.1, -0.05) is 83.9 Å². The molecule has 0 fully saturated rings. The molecule has 1 amide bonds. The Balaban J connectivity index is 1.22. The van der Waals surface area contributed by atoms with Crippen LogP contribution in [-0.2, 0) is 13.1 Å². The smallest absolute Gasteiger partial charge is 0.254 e. The van der Waals surface area contributed by atoms with Gasteiger partial charge in [-0.3, -0.25) is 4.79 Å². The number of unbranched alkanes of at least 4 members (excludes halogenated alkanes) is 1. The van der Waals surface area contributed by atoms with Gasteiger partial charge in [0, 0.05) is 35.0 Å². The summed E-state index contributed by atoms with van der Waals surface area (Å²) in [5, 5.41) is 4.45. The molecule has 0 aliphatic carbocycles. The maximum atomic E-state index is 14.2. The first-order valence-electron chi connectivity index (χ1n) is 16.5. The van der Waals surface area contributed by atoms with Gasteiger partial charge in [-0.05, 0) is 87.2 Å². The summed E-state index contributed by atoms with van der Waals surface area (Å²) >= 11 is 0. The second-order valence-electron chi connectivity index (χ2n) is 12.8. The third-order valence-electron chi connectivity index (χ3n) is 9.55. The first kappa shape index (κ1) is 30.6. The molecule has 1 heterocycles. The van der Waals surface area contributed by atoms with Gasteiger partial charge in [0.15, 0.2) is 0 Å². The van der Waals surface area contributed by atoms with Crippen molar-refractivity contribution >= 4 is 38.6 Å². The van der Waals surface area contributed by atoms with Crippen molar-refractivity contribution in [3.05, 3.63) is 131 Å². The fraction of sp³-hybridized carbons (Fsp3) is 0.293. The Labute approximate surface area is 267 Å². The number of hydrogen-bond acceptors (Lipinski definition) is 2. The molecule has 230 valence electrons. The first-order chi connectivity index (χ1) is 21.9. The van der Waals surface area contributed by atoms with Crippen LogP contribution in [0.2, 0.25) is 0 Å². The molecule has 0 aliphatic rings. The van der Waals surface area contributed by atoms with Crippen molar-refractivity contribution in [3.63, 3.8) is 0 Å². The second-order valence-corrected chi connectivity index (χ2v) is 12.8. The van der Waals surface area contributed by atoms with Crippen LogP contribution in [0.5, 0.6) is 0 Å². The van der Waals surface area contributed by atoms with Crippen molar-refractivity contribution < 1.29 is 13.7 Å². The summed E-state index contributed by atoms with van der Waals surface area (Å²) < 4.78 is 7.11. The van der Waals surface area contributed by atoms with E-state index in [1.54, 1.807) is 0 Å². The van der Waals surface area contributed by atoms with Crippen LogP contribution in [-0.4, -0.2) is 41.5 Å². The zero-order chi connectivity index (χ0) is 31.4. The number of para-hydroxylation sites is 1. The lowest BCUT2D eigenvalue weighted by atomic mass is 10.0. The number of hydrogen-bond donors (Lipinski definition) is 0. The quantitative estimate of drug-likeness (QED) is 0.104. The number of carbonyl (C=O) groups is 1. The van der Waals surface area contributed by atoms with E-state index in [9.17, 15) is 4.79 Å². The molecule has 6 aromatic rings. The molecule has 45 heavy (non-hydrogen) atoms. The zero-order valence-corrected chi connectivity index (χ0v) is 27.2. The van der Waals surface area contributed by atoms with E-state index in [1.807, 2.05) is 41.3 Å². The number of carbonyl (C=O) groups excluding carboxylic acids is 1. The van der Waals surface area contributed by atoms with Crippen LogP contribution < -0.4 is 0 Å². The highest BCUT2D eigenvalue weighted by Gasteiger charge is 2.24. The average molecular weight is 598 g/mol. The minimum Gasteiger partial charge on any atom is -0.456 e. The number of furan rings is 1. The van der Waals surface area contributed by atoms with Gasteiger partial charge in [-0.15, -0.1) is 0 Å². The minimum absolute atomic E-state index is 0.0670. The first-order valence-corrected chi connectivity index (χ1v) is 16.5. The molecule has 0 unspecified atom stereocenters. The zero-order valence-electron chi connectivity index (χ0n) is 27.2. The lowest BCUT2D eigenvalue weighted by Crippen LogP contribution is -2.47. The minimum atomic E-state index is 0.0670. The van der Waals surface area contributed by atoms with E-state index in [-0.39, 0.29) is 5.91 Å². The summed E-state index contributed by atoms with van der Waals surface area (Å²) in [6, 6.07) is 35.8. The molecular formula is C41H45N2O2+. The monoisotopic (exact) mass is 597 g/mol. The number of benzene rings is 5. The molecule has 0 radical (unpaired) electrons. The third-order valence-corrected chi connectivity index (χ3v) is 9.55. The van der Waals surface area contributed by atoms with Crippen molar-refractivity contribution in [1.29, 1.82) is 0 Å². The molecule has 0 atom stereocenters. The van der Waals surface area contributed by atoms with Gasteiger partial charge in [0.05, 0.1) is 19.6 Å². The molecule has 5 aromatic carbocycles. The largest absolute Gasteiger partial charge is 0.456 e. The van der Waals surface area contributed by atoms with Crippen LogP contribution in [0.4, 0.5) is 0 Å². The normalized spacial score (nSPS) is 11.9. The van der Waals surface area contributed by atoms with E-state index in [1.165, 1.54) is 27.5 Å². The fourth-order valence-electron chi connectivity index (χ4n) is 6.99. The fourth-order valence-corrected chi connectivity index (χ4v) is 6.99. The number of nitrogens with zero attached hydrogens (tertiary/aromatic N) is 2. The van der Waals surface area contributed by atoms with Crippen LogP contribution in [0.3, 0.4) is 0 Å². The van der Waals surface area contributed by atoms with E-state index < -0.39 is 0 Å². The van der Waals surface area contributed by atoms with Crippen molar-refractivity contribution in [2.24, 2.45) is 0 Å². The summed E-state index contributed by atoms with van der Waals surface area (Å²) in [5.74, 6) is 0.0670. The second kappa shape index (κ2) is 13.3. The van der Waals surface area contributed by atoms with Crippen LogP contribution in [0.25, 0.3) is 32.7 Å². The third kappa shape index (κ3) is 6.82. The molecule has 0 saturated carbocycles. The Morgan fingerprint density at radius 1 is 0.689 bits per heavy atom. The van der Waals surface area contributed by atoms with E-state index >= 15 is 0 Å². The van der Waals surface area contributed by atoms with Gasteiger partial charge in [-0.25, -0.2) is 0 Å². The molecule has 6 rings (SSSR count). The topological polar surface area (TPSA) is 33.5 Å². The maximum absolute atomic E-state index is 14.2. The van der Waals surface area contributed by atoms with Gasteiger partial charge in [0.2, 0.25) is 0 Å². The van der Waals surface area contributed by atoms with Crippen molar-refractivity contribution in [2.75, 3.05) is 26.2 Å². The van der Waals surface area contributed by atoms with Gasteiger partial charge >= 0.3 is 0 Å². The highest BCUT2D eigenvalue weighted by Crippen LogP contribution is 2.30. The van der Waals surface area contributed by atoms with Crippen molar-refractivity contribution in [1.82, 2.24) is 4.90 Å².